The number of fused-ring (bicyclic) bond motifs is 1. The van der Waals surface area contributed by atoms with Crippen LogP contribution < -0.4 is 4.74 Å². The fraction of sp³-hybridized carbons (Fsp3) is 0.611. The third kappa shape index (κ3) is 3.22. The molecule has 0 amide bonds. The van der Waals surface area contributed by atoms with Crippen LogP contribution in [0.2, 0.25) is 0 Å². The van der Waals surface area contributed by atoms with Gasteiger partial charge in [0, 0.05) is 23.1 Å². The number of ether oxygens (including phenoxy) is 1. The Labute approximate surface area is 128 Å². The van der Waals surface area contributed by atoms with Crippen LogP contribution in [0.1, 0.15) is 66.8 Å². The van der Waals surface area contributed by atoms with E-state index in [1.165, 1.54) is 5.69 Å². The average molecular weight is 288 g/mol. The molecular formula is C18H28N2O. The summed E-state index contributed by atoms with van der Waals surface area (Å²) in [7, 11) is 0. The summed E-state index contributed by atoms with van der Waals surface area (Å²) in [6.45, 7) is 17.5. The molecule has 0 aromatic carbocycles. The number of rotatable bonds is 2. The van der Waals surface area contributed by atoms with Crippen molar-refractivity contribution in [1.82, 2.24) is 9.38 Å². The highest BCUT2D eigenvalue weighted by atomic mass is 16.5. The van der Waals surface area contributed by atoms with Crippen molar-refractivity contribution in [3.8, 4) is 5.75 Å². The number of hydrogen-bond donors (Lipinski definition) is 0. The molecule has 0 N–H and O–H groups in total. The van der Waals surface area contributed by atoms with Crippen LogP contribution in [0, 0.1) is 0 Å². The largest absolute Gasteiger partial charge is 0.491 e. The minimum atomic E-state index is 0.0215. The highest BCUT2D eigenvalue weighted by Crippen LogP contribution is 2.34. The molecule has 0 aliphatic rings. The molecule has 2 aromatic rings. The summed E-state index contributed by atoms with van der Waals surface area (Å²) in [5.74, 6) is 0.878. The van der Waals surface area contributed by atoms with Gasteiger partial charge in [-0.25, -0.2) is 4.98 Å². The van der Waals surface area contributed by atoms with Crippen molar-refractivity contribution in [2.75, 3.05) is 0 Å². The van der Waals surface area contributed by atoms with E-state index >= 15 is 0 Å². The van der Waals surface area contributed by atoms with Crippen molar-refractivity contribution >= 4 is 5.65 Å². The van der Waals surface area contributed by atoms with Crippen LogP contribution in [0.5, 0.6) is 5.75 Å². The first kappa shape index (κ1) is 15.9. The first-order chi connectivity index (χ1) is 9.50. The summed E-state index contributed by atoms with van der Waals surface area (Å²) in [6, 6.07) is 4.06. The highest BCUT2D eigenvalue weighted by molar-refractivity contribution is 5.50. The first-order valence-electron chi connectivity index (χ1n) is 7.70. The van der Waals surface area contributed by atoms with Gasteiger partial charge in [-0.05, 0) is 19.9 Å². The quantitative estimate of drug-likeness (QED) is 0.799. The van der Waals surface area contributed by atoms with Crippen LogP contribution in [-0.4, -0.2) is 15.5 Å². The molecule has 3 nitrogen and oxygen atoms in total. The predicted molar refractivity (Wildman–Crippen MR) is 88.4 cm³/mol. The molecule has 116 valence electrons. The van der Waals surface area contributed by atoms with E-state index in [1.54, 1.807) is 0 Å². The van der Waals surface area contributed by atoms with Crippen molar-refractivity contribution < 1.29 is 4.74 Å². The van der Waals surface area contributed by atoms with Crippen LogP contribution in [0.15, 0.2) is 18.3 Å². The molecule has 0 spiro atoms. The second-order valence-electron chi connectivity index (χ2n) is 8.07. The number of hydrogen-bond acceptors (Lipinski definition) is 2. The number of nitrogens with zero attached hydrogens (tertiary/aromatic N) is 2. The standard InChI is InChI=1S/C18H28N2O/c1-12(2)21-13-9-10-20-14(11-13)19-15(17(3,4)5)16(20)18(6,7)8/h9-12H,1-8H3. The smallest absolute Gasteiger partial charge is 0.140 e. The Morgan fingerprint density at radius 2 is 1.67 bits per heavy atom. The Kier molecular flexibility index (Phi) is 3.81. The summed E-state index contributed by atoms with van der Waals surface area (Å²) in [6.07, 6.45) is 2.25. The molecule has 3 heteroatoms. The Hall–Kier alpha value is -1.51. The number of pyridine rings is 1. The van der Waals surface area contributed by atoms with E-state index in [0.717, 1.165) is 17.1 Å². The molecule has 0 unspecified atom stereocenters. The van der Waals surface area contributed by atoms with Crippen LogP contribution in [-0.2, 0) is 10.8 Å². The molecule has 21 heavy (non-hydrogen) atoms. The fourth-order valence-corrected chi connectivity index (χ4v) is 2.61. The zero-order valence-corrected chi connectivity index (χ0v) is 14.6. The van der Waals surface area contributed by atoms with E-state index in [1.807, 2.05) is 26.0 Å². The monoisotopic (exact) mass is 288 g/mol. The van der Waals surface area contributed by atoms with Gasteiger partial charge in [-0.15, -0.1) is 0 Å². The molecule has 2 rings (SSSR count). The van der Waals surface area contributed by atoms with Gasteiger partial charge in [0.2, 0.25) is 0 Å². The van der Waals surface area contributed by atoms with Gasteiger partial charge in [0.15, 0.2) is 0 Å². The van der Waals surface area contributed by atoms with Gasteiger partial charge in [-0.3, -0.25) is 0 Å². The maximum atomic E-state index is 5.79. The van der Waals surface area contributed by atoms with Gasteiger partial charge < -0.3 is 9.14 Å². The highest BCUT2D eigenvalue weighted by Gasteiger charge is 2.30. The lowest BCUT2D eigenvalue weighted by Crippen LogP contribution is -2.23. The number of imidazole rings is 1. The minimum absolute atomic E-state index is 0.0215. The molecule has 0 aliphatic carbocycles. The summed E-state index contributed by atoms with van der Waals surface area (Å²) in [5, 5.41) is 0. The maximum Gasteiger partial charge on any atom is 0.140 e. The number of aromatic nitrogens is 2. The molecule has 0 saturated heterocycles. The second kappa shape index (κ2) is 5.04. The molecule has 2 aromatic heterocycles. The molecule has 2 heterocycles. The molecule has 0 bridgehead atoms. The summed E-state index contributed by atoms with van der Waals surface area (Å²) in [5.41, 5.74) is 3.47. The topological polar surface area (TPSA) is 26.5 Å². The second-order valence-corrected chi connectivity index (χ2v) is 8.07. The Balaban J connectivity index is 2.68. The molecule has 0 atom stereocenters. The SMILES string of the molecule is CC(C)Oc1ccn2c(C(C)(C)C)c(C(C)(C)C)nc2c1. The van der Waals surface area contributed by atoms with E-state index < -0.39 is 0 Å². The van der Waals surface area contributed by atoms with Crippen LogP contribution >= 0.6 is 0 Å². The van der Waals surface area contributed by atoms with Crippen LogP contribution in [0.25, 0.3) is 5.65 Å². The van der Waals surface area contributed by atoms with Gasteiger partial charge in [0.25, 0.3) is 0 Å². The van der Waals surface area contributed by atoms with E-state index in [4.69, 9.17) is 9.72 Å². The third-order valence-corrected chi connectivity index (χ3v) is 3.39. The Morgan fingerprint density at radius 3 is 2.14 bits per heavy atom. The molecular weight excluding hydrogens is 260 g/mol. The van der Waals surface area contributed by atoms with Crippen molar-refractivity contribution in [3.63, 3.8) is 0 Å². The Morgan fingerprint density at radius 1 is 1.05 bits per heavy atom. The summed E-state index contributed by atoms with van der Waals surface area (Å²) >= 11 is 0. The zero-order chi connectivity index (χ0) is 16.0. The minimum Gasteiger partial charge on any atom is -0.491 e. The van der Waals surface area contributed by atoms with Crippen molar-refractivity contribution in [3.05, 3.63) is 29.7 Å². The lowest BCUT2D eigenvalue weighted by molar-refractivity contribution is 0.242. The van der Waals surface area contributed by atoms with Crippen molar-refractivity contribution in [1.29, 1.82) is 0 Å². The molecule has 0 aliphatic heterocycles. The van der Waals surface area contributed by atoms with Crippen molar-refractivity contribution in [2.24, 2.45) is 0 Å². The average Bonchev–Trinajstić information content (AvgIpc) is 2.65. The summed E-state index contributed by atoms with van der Waals surface area (Å²) < 4.78 is 7.99. The summed E-state index contributed by atoms with van der Waals surface area (Å²) in [4.78, 5) is 4.90. The first-order valence-corrected chi connectivity index (χ1v) is 7.70. The van der Waals surface area contributed by atoms with E-state index in [9.17, 15) is 0 Å². The third-order valence-electron chi connectivity index (χ3n) is 3.39. The van der Waals surface area contributed by atoms with Crippen LogP contribution in [0.4, 0.5) is 0 Å². The van der Waals surface area contributed by atoms with Gasteiger partial charge in [0.1, 0.15) is 11.4 Å². The lowest BCUT2D eigenvalue weighted by atomic mass is 9.82. The molecule has 0 saturated carbocycles. The predicted octanol–water partition coefficient (Wildman–Crippen LogP) is 4.72. The Bertz CT molecular complexity index is 640. The normalized spacial score (nSPS) is 13.2. The van der Waals surface area contributed by atoms with Crippen molar-refractivity contribution in [2.45, 2.75) is 72.3 Å². The van der Waals surface area contributed by atoms with E-state index in [-0.39, 0.29) is 16.9 Å². The zero-order valence-electron chi connectivity index (χ0n) is 14.6. The fourth-order valence-electron chi connectivity index (χ4n) is 2.61. The molecule has 0 radical (unpaired) electrons. The van der Waals surface area contributed by atoms with Crippen LogP contribution in [0.3, 0.4) is 0 Å². The van der Waals surface area contributed by atoms with Gasteiger partial charge in [-0.1, -0.05) is 41.5 Å². The maximum absolute atomic E-state index is 5.79. The van der Waals surface area contributed by atoms with Gasteiger partial charge in [0.05, 0.1) is 17.5 Å². The molecule has 0 fully saturated rings. The lowest BCUT2D eigenvalue weighted by Gasteiger charge is -2.25. The van der Waals surface area contributed by atoms with E-state index in [0.29, 0.717) is 0 Å². The van der Waals surface area contributed by atoms with Gasteiger partial charge in [-0.2, -0.15) is 0 Å². The van der Waals surface area contributed by atoms with Gasteiger partial charge >= 0.3 is 0 Å². The van der Waals surface area contributed by atoms with E-state index in [2.05, 4.69) is 52.1 Å².